The van der Waals surface area contributed by atoms with Crippen LogP contribution in [-0.2, 0) is 0 Å². The van der Waals surface area contributed by atoms with Crippen molar-refractivity contribution < 1.29 is 9.84 Å². The third kappa shape index (κ3) is 3.14. The van der Waals surface area contributed by atoms with Gasteiger partial charge in [-0.1, -0.05) is 0 Å². The molecule has 0 fully saturated rings. The number of nitriles is 1. The normalized spacial score (nSPS) is 11.8. The smallest absolute Gasteiger partial charge is 0.119 e. The Hall–Kier alpha value is -1.53. The minimum absolute atomic E-state index is 0.270. The molecule has 0 aliphatic carbocycles. The summed E-state index contributed by atoms with van der Waals surface area (Å²) >= 11 is 0. The summed E-state index contributed by atoms with van der Waals surface area (Å²) in [6, 6.07) is 8.79. The Morgan fingerprint density at radius 2 is 2.08 bits per heavy atom. The van der Waals surface area contributed by atoms with Crippen molar-refractivity contribution in [1.29, 1.82) is 5.26 Å². The van der Waals surface area contributed by atoms with Crippen molar-refractivity contribution in [3.63, 3.8) is 0 Å². The summed E-state index contributed by atoms with van der Waals surface area (Å²) in [7, 11) is 0. The summed E-state index contributed by atoms with van der Waals surface area (Å²) in [5, 5.41) is 17.5. The van der Waals surface area contributed by atoms with Gasteiger partial charge < -0.3 is 9.84 Å². The standard InChI is InChI=1S/C10H11NO2/c1-8(12)7-13-10-4-2-9(6-11)3-5-10/h2-5,8,12H,7H2,1H3/t8-/m1/s1. The van der Waals surface area contributed by atoms with Crippen molar-refractivity contribution in [1.82, 2.24) is 0 Å². The summed E-state index contributed by atoms with van der Waals surface area (Å²) in [5.41, 5.74) is 0.601. The van der Waals surface area contributed by atoms with E-state index >= 15 is 0 Å². The fourth-order valence-corrected chi connectivity index (χ4v) is 0.843. The maximum Gasteiger partial charge on any atom is 0.119 e. The van der Waals surface area contributed by atoms with Gasteiger partial charge in [0, 0.05) is 0 Å². The SMILES string of the molecule is C[C@@H](O)COc1ccc(C#N)cc1. The molecule has 0 aliphatic heterocycles. The predicted molar refractivity (Wildman–Crippen MR) is 48.3 cm³/mol. The summed E-state index contributed by atoms with van der Waals surface area (Å²) in [5.74, 6) is 0.667. The minimum atomic E-state index is -0.476. The van der Waals surface area contributed by atoms with Crippen LogP contribution in [0.4, 0.5) is 0 Å². The van der Waals surface area contributed by atoms with Gasteiger partial charge in [0.1, 0.15) is 12.4 Å². The molecule has 0 heterocycles. The highest BCUT2D eigenvalue weighted by Crippen LogP contribution is 2.11. The van der Waals surface area contributed by atoms with Crippen LogP contribution in [-0.4, -0.2) is 17.8 Å². The number of aliphatic hydroxyl groups is 1. The van der Waals surface area contributed by atoms with E-state index in [0.717, 1.165) is 0 Å². The van der Waals surface area contributed by atoms with E-state index in [0.29, 0.717) is 11.3 Å². The molecule has 1 atom stereocenters. The van der Waals surface area contributed by atoms with Gasteiger partial charge in [-0.05, 0) is 31.2 Å². The van der Waals surface area contributed by atoms with E-state index in [1.165, 1.54) is 0 Å². The van der Waals surface area contributed by atoms with E-state index in [1.807, 2.05) is 6.07 Å². The van der Waals surface area contributed by atoms with Gasteiger partial charge in [0.25, 0.3) is 0 Å². The van der Waals surface area contributed by atoms with Crippen LogP contribution in [0.15, 0.2) is 24.3 Å². The number of benzene rings is 1. The van der Waals surface area contributed by atoms with Crippen LogP contribution in [0.2, 0.25) is 0 Å². The molecule has 1 aromatic carbocycles. The molecule has 3 nitrogen and oxygen atoms in total. The molecule has 68 valence electrons. The van der Waals surface area contributed by atoms with Crippen LogP contribution in [0.1, 0.15) is 12.5 Å². The highest BCUT2D eigenvalue weighted by atomic mass is 16.5. The third-order valence-corrected chi connectivity index (χ3v) is 1.47. The van der Waals surface area contributed by atoms with Gasteiger partial charge in [-0.2, -0.15) is 5.26 Å². The summed E-state index contributed by atoms with van der Waals surface area (Å²) < 4.78 is 5.21. The molecule has 0 spiro atoms. The first-order valence-electron chi connectivity index (χ1n) is 4.03. The summed E-state index contributed by atoms with van der Waals surface area (Å²) in [6.07, 6.45) is -0.476. The van der Waals surface area contributed by atoms with Crippen molar-refractivity contribution in [2.45, 2.75) is 13.0 Å². The van der Waals surface area contributed by atoms with Crippen LogP contribution in [0.5, 0.6) is 5.75 Å². The topological polar surface area (TPSA) is 53.2 Å². The lowest BCUT2D eigenvalue weighted by molar-refractivity contribution is 0.123. The molecule has 3 heteroatoms. The molecule has 0 unspecified atom stereocenters. The van der Waals surface area contributed by atoms with Gasteiger partial charge in [-0.15, -0.1) is 0 Å². The molecule has 1 N–H and O–H groups in total. The molecule has 0 radical (unpaired) electrons. The first-order chi connectivity index (χ1) is 6.22. The number of ether oxygens (including phenoxy) is 1. The van der Waals surface area contributed by atoms with Gasteiger partial charge >= 0.3 is 0 Å². The fourth-order valence-electron chi connectivity index (χ4n) is 0.843. The van der Waals surface area contributed by atoms with Crippen LogP contribution in [0.25, 0.3) is 0 Å². The summed E-state index contributed by atoms with van der Waals surface area (Å²) in [6.45, 7) is 1.93. The predicted octanol–water partition coefficient (Wildman–Crippen LogP) is 1.32. The first kappa shape index (κ1) is 9.56. The van der Waals surface area contributed by atoms with Crippen molar-refractivity contribution in [2.75, 3.05) is 6.61 Å². The van der Waals surface area contributed by atoms with Crippen LogP contribution < -0.4 is 4.74 Å². The van der Waals surface area contributed by atoms with Crippen molar-refractivity contribution in [3.8, 4) is 11.8 Å². The number of hydrogen-bond acceptors (Lipinski definition) is 3. The molecular formula is C10H11NO2. The monoisotopic (exact) mass is 177 g/mol. The zero-order valence-electron chi connectivity index (χ0n) is 7.40. The molecule has 0 aromatic heterocycles. The molecule has 13 heavy (non-hydrogen) atoms. The van der Waals surface area contributed by atoms with E-state index in [2.05, 4.69) is 0 Å². The van der Waals surface area contributed by atoms with E-state index in [1.54, 1.807) is 31.2 Å². The van der Waals surface area contributed by atoms with E-state index < -0.39 is 6.10 Å². The molecule has 0 saturated heterocycles. The second-order valence-electron chi connectivity index (χ2n) is 2.80. The number of rotatable bonds is 3. The fraction of sp³-hybridized carbons (Fsp3) is 0.300. The number of nitrogens with zero attached hydrogens (tertiary/aromatic N) is 1. The van der Waals surface area contributed by atoms with E-state index in [9.17, 15) is 0 Å². The Morgan fingerprint density at radius 3 is 2.54 bits per heavy atom. The Bertz CT molecular complexity index is 298. The van der Waals surface area contributed by atoms with Gasteiger partial charge in [-0.25, -0.2) is 0 Å². The first-order valence-corrected chi connectivity index (χ1v) is 4.03. The van der Waals surface area contributed by atoms with Crippen LogP contribution >= 0.6 is 0 Å². The molecule has 1 rings (SSSR count). The molecular weight excluding hydrogens is 166 g/mol. The second-order valence-corrected chi connectivity index (χ2v) is 2.80. The van der Waals surface area contributed by atoms with Gasteiger partial charge in [0.15, 0.2) is 0 Å². The maximum absolute atomic E-state index is 8.94. The lowest BCUT2D eigenvalue weighted by Crippen LogP contribution is -2.12. The quantitative estimate of drug-likeness (QED) is 0.757. The number of hydrogen-bond donors (Lipinski definition) is 1. The molecule has 0 amide bonds. The maximum atomic E-state index is 8.94. The Kier molecular flexibility index (Phi) is 3.30. The third-order valence-electron chi connectivity index (χ3n) is 1.47. The molecule has 0 saturated carbocycles. The highest BCUT2D eigenvalue weighted by Gasteiger charge is 1.97. The Labute approximate surface area is 77.2 Å². The van der Waals surface area contributed by atoms with Crippen molar-refractivity contribution >= 4 is 0 Å². The molecule has 0 bridgehead atoms. The Morgan fingerprint density at radius 1 is 1.46 bits per heavy atom. The average molecular weight is 177 g/mol. The summed E-state index contributed by atoms with van der Waals surface area (Å²) in [4.78, 5) is 0. The zero-order valence-corrected chi connectivity index (χ0v) is 7.40. The van der Waals surface area contributed by atoms with Crippen molar-refractivity contribution in [2.24, 2.45) is 0 Å². The molecule has 1 aromatic rings. The van der Waals surface area contributed by atoms with Crippen LogP contribution in [0, 0.1) is 11.3 Å². The highest BCUT2D eigenvalue weighted by molar-refractivity contribution is 5.34. The van der Waals surface area contributed by atoms with E-state index in [-0.39, 0.29) is 6.61 Å². The van der Waals surface area contributed by atoms with Gasteiger partial charge in [0.05, 0.1) is 17.7 Å². The van der Waals surface area contributed by atoms with Gasteiger partial charge in [-0.3, -0.25) is 0 Å². The second kappa shape index (κ2) is 4.48. The van der Waals surface area contributed by atoms with Crippen molar-refractivity contribution in [3.05, 3.63) is 29.8 Å². The zero-order chi connectivity index (χ0) is 9.68. The lowest BCUT2D eigenvalue weighted by atomic mass is 10.2. The molecule has 0 aliphatic rings. The van der Waals surface area contributed by atoms with E-state index in [4.69, 9.17) is 15.1 Å². The number of aliphatic hydroxyl groups excluding tert-OH is 1. The van der Waals surface area contributed by atoms with Gasteiger partial charge in [0.2, 0.25) is 0 Å². The average Bonchev–Trinajstić information content (AvgIpc) is 2.15. The Balaban J connectivity index is 2.55. The lowest BCUT2D eigenvalue weighted by Gasteiger charge is -2.07. The van der Waals surface area contributed by atoms with Crippen LogP contribution in [0.3, 0.4) is 0 Å². The largest absolute Gasteiger partial charge is 0.491 e. The minimum Gasteiger partial charge on any atom is -0.491 e.